The van der Waals surface area contributed by atoms with Crippen molar-refractivity contribution in [1.29, 1.82) is 0 Å². The maximum Gasteiger partial charge on any atom is 0.409 e. The van der Waals surface area contributed by atoms with Crippen molar-refractivity contribution in [3.8, 4) is 0 Å². The van der Waals surface area contributed by atoms with Gasteiger partial charge in [0.25, 0.3) is 0 Å². The number of guanidine groups is 1. The summed E-state index contributed by atoms with van der Waals surface area (Å²) in [4.78, 5) is 17.8. The molecule has 8 heteroatoms. The molecule has 1 aromatic heterocycles. The number of methoxy groups -OCH3 is 1. The maximum absolute atomic E-state index is 11.5. The number of hydrogen-bond donors (Lipinski definition) is 2. The highest BCUT2D eigenvalue weighted by Crippen LogP contribution is 2.15. The van der Waals surface area contributed by atoms with Crippen LogP contribution in [0.2, 0.25) is 0 Å². The van der Waals surface area contributed by atoms with Gasteiger partial charge in [-0.1, -0.05) is 19.0 Å². The second-order valence-electron chi connectivity index (χ2n) is 6.44. The van der Waals surface area contributed by atoms with Crippen LogP contribution in [0.4, 0.5) is 4.79 Å². The van der Waals surface area contributed by atoms with Crippen LogP contribution in [-0.2, 0) is 11.3 Å². The van der Waals surface area contributed by atoms with Gasteiger partial charge in [-0.05, 0) is 25.7 Å². The van der Waals surface area contributed by atoms with E-state index in [0.717, 1.165) is 36.8 Å². The van der Waals surface area contributed by atoms with Crippen LogP contribution in [0.5, 0.6) is 0 Å². The Bertz CT molecular complexity index is 577. The highest BCUT2D eigenvalue weighted by Gasteiger charge is 2.23. The molecule has 0 aliphatic carbocycles. The van der Waals surface area contributed by atoms with Crippen molar-refractivity contribution in [3.05, 3.63) is 17.5 Å². The first-order valence-electron chi connectivity index (χ1n) is 8.86. The Hall–Kier alpha value is -2.25. The van der Waals surface area contributed by atoms with Crippen LogP contribution in [0.15, 0.2) is 15.6 Å². The summed E-state index contributed by atoms with van der Waals surface area (Å²) in [7, 11) is 1.41. The summed E-state index contributed by atoms with van der Waals surface area (Å²) >= 11 is 0. The summed E-state index contributed by atoms with van der Waals surface area (Å²) in [5, 5.41) is 10.7. The van der Waals surface area contributed by atoms with E-state index in [0.29, 0.717) is 25.6 Å². The smallest absolute Gasteiger partial charge is 0.409 e. The zero-order chi connectivity index (χ0) is 18.2. The molecule has 8 nitrogen and oxygen atoms in total. The fourth-order valence-electron chi connectivity index (χ4n) is 2.68. The molecule has 2 rings (SSSR count). The minimum atomic E-state index is -0.259. The van der Waals surface area contributed by atoms with Crippen LogP contribution >= 0.6 is 0 Å². The van der Waals surface area contributed by atoms with Gasteiger partial charge in [-0.3, -0.25) is 0 Å². The predicted octanol–water partition coefficient (Wildman–Crippen LogP) is 2.08. The van der Waals surface area contributed by atoms with Crippen molar-refractivity contribution >= 4 is 12.1 Å². The number of nitrogens with one attached hydrogen (secondary N) is 2. The monoisotopic (exact) mass is 351 g/mol. The third-order valence-corrected chi connectivity index (χ3v) is 4.17. The minimum Gasteiger partial charge on any atom is -0.453 e. The fourth-order valence-corrected chi connectivity index (χ4v) is 2.68. The number of carbonyl (C=O) groups excluding carboxylic acids is 1. The quantitative estimate of drug-likeness (QED) is 0.623. The van der Waals surface area contributed by atoms with Gasteiger partial charge < -0.3 is 24.8 Å². The number of rotatable bonds is 5. The van der Waals surface area contributed by atoms with E-state index in [2.05, 4.69) is 34.6 Å². The van der Waals surface area contributed by atoms with Crippen LogP contribution in [0, 0.1) is 0 Å². The number of ether oxygens (including phenoxy) is 1. The first kappa shape index (κ1) is 19.1. The van der Waals surface area contributed by atoms with Gasteiger partial charge in [0.2, 0.25) is 0 Å². The normalized spacial score (nSPS) is 16.2. The third-order valence-electron chi connectivity index (χ3n) is 4.17. The molecule has 0 unspecified atom stereocenters. The standard InChI is InChI=1S/C17H29N5O3/c1-5-18-16(19-11-14-10-15(12(2)3)21-25-14)20-13-6-8-22(9-7-13)17(23)24-4/h10,12-13H,5-9,11H2,1-4H3,(H2,18,19,20). The number of piperidine rings is 1. The van der Waals surface area contributed by atoms with E-state index in [9.17, 15) is 4.79 Å². The summed E-state index contributed by atoms with van der Waals surface area (Å²) in [6.45, 7) is 8.78. The molecular formula is C17H29N5O3. The Balaban J connectivity index is 1.88. The lowest BCUT2D eigenvalue weighted by molar-refractivity contribution is 0.111. The van der Waals surface area contributed by atoms with Gasteiger partial charge in [-0.25, -0.2) is 9.79 Å². The number of aromatic nitrogens is 1. The maximum atomic E-state index is 11.5. The average Bonchev–Trinajstić information content (AvgIpc) is 3.09. The molecule has 1 aromatic rings. The Kier molecular flexibility index (Phi) is 7.09. The molecule has 0 saturated carbocycles. The van der Waals surface area contributed by atoms with Gasteiger partial charge in [0, 0.05) is 31.7 Å². The molecule has 1 saturated heterocycles. The lowest BCUT2D eigenvalue weighted by atomic mass is 10.1. The van der Waals surface area contributed by atoms with Crippen LogP contribution in [0.3, 0.4) is 0 Å². The lowest BCUT2D eigenvalue weighted by Gasteiger charge is -2.32. The fraction of sp³-hybridized carbons (Fsp3) is 0.706. The highest BCUT2D eigenvalue weighted by molar-refractivity contribution is 5.80. The number of nitrogens with zero attached hydrogens (tertiary/aromatic N) is 3. The Labute approximate surface area is 149 Å². The second kappa shape index (κ2) is 9.29. The Morgan fingerprint density at radius 2 is 2.20 bits per heavy atom. The van der Waals surface area contributed by atoms with E-state index in [1.165, 1.54) is 7.11 Å². The molecule has 1 aliphatic heterocycles. The summed E-state index contributed by atoms with van der Waals surface area (Å²) in [5.74, 6) is 1.84. The molecule has 0 spiro atoms. The summed E-state index contributed by atoms with van der Waals surface area (Å²) in [6, 6.07) is 2.23. The van der Waals surface area contributed by atoms with Crippen molar-refractivity contribution in [1.82, 2.24) is 20.7 Å². The van der Waals surface area contributed by atoms with E-state index in [-0.39, 0.29) is 12.1 Å². The summed E-state index contributed by atoms with van der Waals surface area (Å²) < 4.78 is 10.1. The van der Waals surface area contributed by atoms with Crippen molar-refractivity contribution in [2.24, 2.45) is 4.99 Å². The molecule has 1 fully saturated rings. The Morgan fingerprint density at radius 1 is 1.48 bits per heavy atom. The molecule has 2 N–H and O–H groups in total. The van der Waals surface area contributed by atoms with Gasteiger partial charge in [-0.2, -0.15) is 0 Å². The molecule has 1 aliphatic rings. The number of carbonyl (C=O) groups is 1. The summed E-state index contributed by atoms with van der Waals surface area (Å²) in [6.07, 6.45) is 1.46. The van der Waals surface area contributed by atoms with E-state index in [4.69, 9.17) is 9.26 Å². The van der Waals surface area contributed by atoms with Gasteiger partial charge in [-0.15, -0.1) is 0 Å². The first-order valence-corrected chi connectivity index (χ1v) is 8.86. The van der Waals surface area contributed by atoms with Gasteiger partial charge in [0.05, 0.1) is 12.8 Å². The van der Waals surface area contributed by atoms with Crippen molar-refractivity contribution < 1.29 is 14.1 Å². The minimum absolute atomic E-state index is 0.259. The second-order valence-corrected chi connectivity index (χ2v) is 6.44. The predicted molar refractivity (Wildman–Crippen MR) is 95.5 cm³/mol. The molecule has 140 valence electrons. The number of likely N-dealkylation sites (tertiary alicyclic amines) is 1. The topological polar surface area (TPSA) is 92.0 Å². The largest absolute Gasteiger partial charge is 0.453 e. The number of amides is 1. The van der Waals surface area contributed by atoms with Crippen molar-refractivity contribution in [3.63, 3.8) is 0 Å². The molecule has 0 radical (unpaired) electrons. The average molecular weight is 351 g/mol. The highest BCUT2D eigenvalue weighted by atomic mass is 16.5. The van der Waals surface area contributed by atoms with Crippen LogP contribution < -0.4 is 10.6 Å². The van der Waals surface area contributed by atoms with Crippen LogP contribution in [0.25, 0.3) is 0 Å². The zero-order valence-electron chi connectivity index (χ0n) is 15.5. The summed E-state index contributed by atoms with van der Waals surface area (Å²) in [5.41, 5.74) is 0.943. The molecule has 1 amide bonds. The molecular weight excluding hydrogens is 322 g/mol. The van der Waals surface area contributed by atoms with E-state index >= 15 is 0 Å². The van der Waals surface area contributed by atoms with Crippen molar-refractivity contribution in [2.75, 3.05) is 26.7 Å². The SMILES string of the molecule is CCNC(=NCc1cc(C(C)C)no1)NC1CCN(C(=O)OC)CC1. The Morgan fingerprint density at radius 3 is 2.76 bits per heavy atom. The van der Waals surface area contributed by atoms with E-state index < -0.39 is 0 Å². The van der Waals surface area contributed by atoms with Crippen LogP contribution in [0.1, 0.15) is 51.0 Å². The van der Waals surface area contributed by atoms with E-state index in [1.54, 1.807) is 4.90 Å². The molecule has 0 bridgehead atoms. The number of hydrogen-bond acceptors (Lipinski definition) is 5. The lowest BCUT2D eigenvalue weighted by Crippen LogP contribution is -2.49. The molecule has 2 heterocycles. The first-order chi connectivity index (χ1) is 12.0. The van der Waals surface area contributed by atoms with Gasteiger partial charge in [0.15, 0.2) is 11.7 Å². The van der Waals surface area contributed by atoms with Gasteiger partial charge >= 0.3 is 6.09 Å². The molecule has 25 heavy (non-hydrogen) atoms. The van der Waals surface area contributed by atoms with Crippen LogP contribution in [-0.4, -0.2) is 54.9 Å². The molecule has 0 atom stereocenters. The zero-order valence-corrected chi connectivity index (χ0v) is 15.5. The molecule has 0 aromatic carbocycles. The number of aliphatic imine (C=N–C) groups is 1. The van der Waals surface area contributed by atoms with Crippen molar-refractivity contribution in [2.45, 2.75) is 52.1 Å². The van der Waals surface area contributed by atoms with Gasteiger partial charge in [0.1, 0.15) is 6.54 Å². The third kappa shape index (κ3) is 5.65. The van der Waals surface area contributed by atoms with E-state index in [1.807, 2.05) is 13.0 Å².